The third kappa shape index (κ3) is 7.12. The Labute approximate surface area is 159 Å². The molecule has 0 aromatic carbocycles. The highest BCUT2D eigenvalue weighted by molar-refractivity contribution is 5.69. The van der Waals surface area contributed by atoms with Crippen LogP contribution in [0.5, 0.6) is 0 Å². The molecule has 2 aromatic heterocycles. The van der Waals surface area contributed by atoms with Crippen LogP contribution in [0.4, 0.5) is 26.3 Å². The molecule has 0 saturated carbocycles. The number of halogens is 6. The summed E-state index contributed by atoms with van der Waals surface area (Å²) in [5, 5.41) is 6.38. The lowest BCUT2D eigenvalue weighted by Crippen LogP contribution is -2.18. The molecule has 2 aromatic rings. The van der Waals surface area contributed by atoms with Gasteiger partial charge in [0.05, 0.1) is 13.2 Å². The number of nitrogens with zero attached hydrogens (tertiary/aromatic N) is 4. The summed E-state index contributed by atoms with van der Waals surface area (Å²) in [6, 6.07) is 1.42. The predicted molar refractivity (Wildman–Crippen MR) is 81.0 cm³/mol. The quantitative estimate of drug-likeness (QED) is 0.364. The molecule has 0 unspecified atom stereocenters. The third-order valence-corrected chi connectivity index (χ3v) is 3.26. The Bertz CT molecular complexity index is 774. The molecule has 0 N–H and O–H groups in total. The normalized spacial score (nSPS) is 12.1. The highest BCUT2D eigenvalue weighted by Gasteiger charge is 2.34. The molecule has 29 heavy (non-hydrogen) atoms. The fraction of sp³-hybridized carbons (Fsp3) is 0.467. The first-order valence-corrected chi connectivity index (χ1v) is 7.97. The van der Waals surface area contributed by atoms with Crippen LogP contribution in [-0.2, 0) is 44.5 Å². The highest BCUT2D eigenvalue weighted by Crippen LogP contribution is 2.27. The van der Waals surface area contributed by atoms with Gasteiger partial charge < -0.3 is 9.47 Å². The number of carbonyl (C=O) groups is 2. The van der Waals surface area contributed by atoms with E-state index in [9.17, 15) is 35.9 Å². The average molecular weight is 428 g/mol. The summed E-state index contributed by atoms with van der Waals surface area (Å²) in [5.74, 6) is -1.69. The van der Waals surface area contributed by atoms with Crippen LogP contribution in [0.2, 0.25) is 0 Å². The topological polar surface area (TPSA) is 88.2 Å². The number of hydrogen-bond donors (Lipinski definition) is 0. The highest BCUT2D eigenvalue weighted by atomic mass is 19.4. The van der Waals surface area contributed by atoms with Crippen molar-refractivity contribution in [2.24, 2.45) is 0 Å². The van der Waals surface area contributed by atoms with Crippen molar-refractivity contribution in [1.82, 2.24) is 19.6 Å². The van der Waals surface area contributed by atoms with Gasteiger partial charge in [-0.2, -0.15) is 36.5 Å². The molecule has 0 atom stereocenters. The van der Waals surface area contributed by atoms with E-state index in [4.69, 9.17) is 9.47 Å². The van der Waals surface area contributed by atoms with E-state index in [1.54, 1.807) is 0 Å². The van der Waals surface area contributed by atoms with Crippen LogP contribution in [-0.4, -0.2) is 44.7 Å². The van der Waals surface area contributed by atoms with Crippen LogP contribution in [0.25, 0.3) is 0 Å². The minimum absolute atomic E-state index is 0.0807. The van der Waals surface area contributed by atoms with Crippen molar-refractivity contribution in [1.29, 1.82) is 0 Å². The third-order valence-electron chi connectivity index (χ3n) is 3.26. The summed E-state index contributed by atoms with van der Waals surface area (Å²) in [6.07, 6.45) is -7.21. The van der Waals surface area contributed by atoms with Crippen LogP contribution in [0.15, 0.2) is 24.5 Å². The fourth-order valence-corrected chi connectivity index (χ4v) is 1.99. The fourth-order valence-electron chi connectivity index (χ4n) is 1.99. The zero-order chi connectivity index (χ0) is 21.7. The molecule has 0 aliphatic carbocycles. The molecule has 0 amide bonds. The van der Waals surface area contributed by atoms with Gasteiger partial charge in [0.1, 0.15) is 13.1 Å². The van der Waals surface area contributed by atoms with E-state index < -0.39 is 48.8 Å². The number of hydrogen-bond acceptors (Lipinski definition) is 6. The average Bonchev–Trinajstić information content (AvgIpc) is 3.23. The molecule has 0 fully saturated rings. The molecule has 2 heterocycles. The van der Waals surface area contributed by atoms with Gasteiger partial charge in [-0.3, -0.25) is 19.0 Å². The van der Waals surface area contributed by atoms with Crippen LogP contribution < -0.4 is 0 Å². The van der Waals surface area contributed by atoms with Crippen LogP contribution in [0, 0.1) is 0 Å². The summed E-state index contributed by atoms with van der Waals surface area (Å²) >= 11 is 0. The Morgan fingerprint density at radius 1 is 0.793 bits per heavy atom. The second-order valence-electron chi connectivity index (χ2n) is 5.59. The van der Waals surface area contributed by atoms with Gasteiger partial charge >= 0.3 is 24.3 Å². The number of ether oxygens (including phenoxy) is 2. The van der Waals surface area contributed by atoms with E-state index in [0.717, 1.165) is 21.8 Å². The van der Waals surface area contributed by atoms with Crippen molar-refractivity contribution in [2.75, 3.05) is 13.2 Å². The van der Waals surface area contributed by atoms with E-state index in [2.05, 4.69) is 10.2 Å². The second-order valence-corrected chi connectivity index (χ2v) is 5.59. The van der Waals surface area contributed by atoms with E-state index in [-0.39, 0.29) is 19.6 Å². The Balaban J connectivity index is 1.62. The second kappa shape index (κ2) is 8.96. The first-order valence-electron chi connectivity index (χ1n) is 7.97. The van der Waals surface area contributed by atoms with Crippen LogP contribution >= 0.6 is 0 Å². The zero-order valence-corrected chi connectivity index (χ0v) is 14.5. The van der Waals surface area contributed by atoms with E-state index in [1.165, 1.54) is 0 Å². The Morgan fingerprint density at radius 3 is 1.48 bits per heavy atom. The summed E-state index contributed by atoms with van der Waals surface area (Å²) < 4.78 is 85.4. The molecule has 0 saturated heterocycles. The molecule has 0 radical (unpaired) electrons. The lowest BCUT2D eigenvalue weighted by molar-refractivity contribution is -0.148. The molecule has 0 bridgehead atoms. The van der Waals surface area contributed by atoms with Gasteiger partial charge in [0.15, 0.2) is 11.4 Å². The van der Waals surface area contributed by atoms with Crippen molar-refractivity contribution in [3.05, 3.63) is 35.9 Å². The van der Waals surface area contributed by atoms with Gasteiger partial charge in [-0.1, -0.05) is 0 Å². The number of carbonyl (C=O) groups excluding carboxylic acids is 2. The molecular formula is C15H14F6N4O4. The number of alkyl halides is 6. The predicted octanol–water partition coefficient (Wildman–Crippen LogP) is 2.29. The lowest BCUT2D eigenvalue weighted by Gasteiger charge is -2.07. The number of esters is 2. The molecule has 8 nitrogen and oxygen atoms in total. The standard InChI is InChI=1S/C15H14F6N4O4/c16-14(17,18)10-2-4-24(22-10)8-12(26)28-6-1-7-29-13(27)9-25-5-3-11(23-25)15(19,20)21/h2-5H,1,6-9H2. The molecular weight excluding hydrogens is 414 g/mol. The van der Waals surface area contributed by atoms with Crippen molar-refractivity contribution in [2.45, 2.75) is 31.9 Å². The smallest absolute Gasteiger partial charge is 0.435 e. The Hall–Kier alpha value is -3.06. The van der Waals surface area contributed by atoms with Crippen molar-refractivity contribution in [3.8, 4) is 0 Å². The maximum atomic E-state index is 12.4. The summed E-state index contributed by atoms with van der Waals surface area (Å²) in [4.78, 5) is 23.0. The van der Waals surface area contributed by atoms with Gasteiger partial charge in [-0.05, 0) is 12.1 Å². The van der Waals surface area contributed by atoms with Gasteiger partial charge in [0.2, 0.25) is 0 Å². The van der Waals surface area contributed by atoms with Crippen LogP contribution in [0.1, 0.15) is 17.8 Å². The molecule has 0 aliphatic rings. The van der Waals surface area contributed by atoms with Crippen molar-refractivity contribution < 1.29 is 45.4 Å². The molecule has 160 valence electrons. The van der Waals surface area contributed by atoms with E-state index in [1.807, 2.05) is 0 Å². The molecule has 2 rings (SSSR count). The van der Waals surface area contributed by atoms with Crippen molar-refractivity contribution >= 4 is 11.9 Å². The van der Waals surface area contributed by atoms with Crippen molar-refractivity contribution in [3.63, 3.8) is 0 Å². The summed E-state index contributed by atoms with van der Waals surface area (Å²) in [6.45, 7) is -1.42. The van der Waals surface area contributed by atoms with E-state index in [0.29, 0.717) is 12.1 Å². The Kier molecular flexibility index (Phi) is 6.87. The largest absolute Gasteiger partial charge is 0.464 e. The maximum Gasteiger partial charge on any atom is 0.435 e. The molecule has 14 heteroatoms. The van der Waals surface area contributed by atoms with E-state index >= 15 is 0 Å². The lowest BCUT2D eigenvalue weighted by atomic mass is 10.4. The SMILES string of the molecule is O=C(Cn1ccc(C(F)(F)F)n1)OCCCOC(=O)Cn1ccc(C(F)(F)F)n1. The maximum absolute atomic E-state index is 12.4. The van der Waals surface area contributed by atoms with Gasteiger partial charge in [-0.15, -0.1) is 0 Å². The first-order chi connectivity index (χ1) is 13.4. The Morgan fingerprint density at radius 2 is 1.17 bits per heavy atom. The molecule has 0 aliphatic heterocycles. The minimum Gasteiger partial charge on any atom is -0.464 e. The van der Waals surface area contributed by atoms with Gasteiger partial charge in [0, 0.05) is 18.8 Å². The monoisotopic (exact) mass is 428 g/mol. The molecule has 0 spiro atoms. The zero-order valence-electron chi connectivity index (χ0n) is 14.5. The van der Waals surface area contributed by atoms with Crippen LogP contribution in [0.3, 0.4) is 0 Å². The van der Waals surface area contributed by atoms with Gasteiger partial charge in [0.25, 0.3) is 0 Å². The summed E-state index contributed by atoms with van der Waals surface area (Å²) in [7, 11) is 0. The number of aromatic nitrogens is 4. The number of rotatable bonds is 8. The minimum atomic E-state index is -4.62. The van der Waals surface area contributed by atoms with Gasteiger partial charge in [-0.25, -0.2) is 0 Å². The summed E-state index contributed by atoms with van der Waals surface area (Å²) in [5.41, 5.74) is -2.28. The first kappa shape index (κ1) is 22.2.